The molecule has 0 radical (unpaired) electrons. The third kappa shape index (κ3) is 3.75. The molecule has 0 aliphatic carbocycles. The first kappa shape index (κ1) is 16.9. The Bertz CT molecular complexity index is 908. The van der Waals surface area contributed by atoms with Crippen LogP contribution in [-0.2, 0) is 0 Å². The number of nitrogens with one attached hydrogen (secondary N) is 1. The highest BCUT2D eigenvalue weighted by Gasteiger charge is 2.12. The topological polar surface area (TPSA) is 65.4 Å². The van der Waals surface area contributed by atoms with Gasteiger partial charge in [0.25, 0.3) is 5.91 Å². The van der Waals surface area contributed by atoms with Crippen LogP contribution in [-0.4, -0.2) is 29.7 Å². The largest absolute Gasteiger partial charge is 0.493 e. The number of amides is 1. The predicted molar refractivity (Wildman–Crippen MR) is 96.1 cm³/mol. The van der Waals surface area contributed by atoms with Crippen LogP contribution in [0.15, 0.2) is 55.0 Å². The Morgan fingerprint density at radius 2 is 1.92 bits per heavy atom. The highest BCUT2D eigenvalue weighted by Crippen LogP contribution is 2.27. The van der Waals surface area contributed by atoms with Crippen molar-refractivity contribution >= 4 is 23.3 Å². The van der Waals surface area contributed by atoms with Gasteiger partial charge in [-0.1, -0.05) is 17.7 Å². The number of anilines is 1. The fourth-order valence-corrected chi connectivity index (χ4v) is 2.52. The lowest BCUT2D eigenvalue weighted by atomic mass is 10.2. The second-order valence-corrected chi connectivity index (χ2v) is 5.61. The van der Waals surface area contributed by atoms with Gasteiger partial charge in [-0.3, -0.25) is 4.79 Å². The Morgan fingerprint density at radius 1 is 1.12 bits per heavy atom. The molecule has 0 spiro atoms. The van der Waals surface area contributed by atoms with Crippen LogP contribution in [0.25, 0.3) is 5.69 Å². The first-order valence-electron chi connectivity index (χ1n) is 7.44. The van der Waals surface area contributed by atoms with Gasteiger partial charge in [-0.2, -0.15) is 0 Å². The number of carbonyl (C=O) groups is 1. The molecule has 0 aliphatic heterocycles. The first-order chi connectivity index (χ1) is 12.1. The molecule has 6 nitrogen and oxygen atoms in total. The molecule has 2 aromatic carbocycles. The third-order valence-corrected chi connectivity index (χ3v) is 3.81. The molecule has 1 N–H and O–H groups in total. The minimum atomic E-state index is -0.294. The van der Waals surface area contributed by atoms with E-state index in [0.717, 1.165) is 5.69 Å². The van der Waals surface area contributed by atoms with E-state index in [1.54, 1.807) is 48.5 Å². The van der Waals surface area contributed by atoms with E-state index in [4.69, 9.17) is 21.1 Å². The maximum Gasteiger partial charge on any atom is 0.256 e. The van der Waals surface area contributed by atoms with Gasteiger partial charge in [0.2, 0.25) is 0 Å². The minimum absolute atomic E-state index is 0.294. The van der Waals surface area contributed by atoms with Gasteiger partial charge in [0.15, 0.2) is 17.3 Å². The van der Waals surface area contributed by atoms with E-state index in [1.807, 2.05) is 18.2 Å². The zero-order valence-electron chi connectivity index (χ0n) is 13.7. The zero-order chi connectivity index (χ0) is 17.8. The van der Waals surface area contributed by atoms with Crippen LogP contribution < -0.4 is 14.8 Å². The summed E-state index contributed by atoms with van der Waals surface area (Å²) in [5, 5.41) is 3.38. The van der Waals surface area contributed by atoms with Gasteiger partial charge < -0.3 is 19.4 Å². The summed E-state index contributed by atoms with van der Waals surface area (Å²) in [6.45, 7) is 0. The van der Waals surface area contributed by atoms with E-state index in [9.17, 15) is 4.79 Å². The van der Waals surface area contributed by atoms with Crippen molar-refractivity contribution in [1.29, 1.82) is 0 Å². The van der Waals surface area contributed by atoms with Crippen molar-refractivity contribution in [2.45, 2.75) is 0 Å². The number of aromatic nitrogens is 2. The summed E-state index contributed by atoms with van der Waals surface area (Å²) in [6, 6.07) is 12.3. The van der Waals surface area contributed by atoms with Gasteiger partial charge in [-0.15, -0.1) is 0 Å². The normalized spacial score (nSPS) is 10.4. The van der Waals surface area contributed by atoms with E-state index in [1.165, 1.54) is 7.11 Å². The van der Waals surface area contributed by atoms with Gasteiger partial charge in [0, 0.05) is 16.3 Å². The number of nitrogens with zero attached hydrogens (tertiary/aromatic N) is 2. The average molecular weight is 358 g/mol. The average Bonchev–Trinajstić information content (AvgIpc) is 3.09. The van der Waals surface area contributed by atoms with Gasteiger partial charge in [-0.25, -0.2) is 4.98 Å². The van der Waals surface area contributed by atoms with Crippen molar-refractivity contribution in [3.05, 3.63) is 65.6 Å². The van der Waals surface area contributed by atoms with Crippen LogP contribution in [0.5, 0.6) is 11.5 Å². The van der Waals surface area contributed by atoms with Gasteiger partial charge >= 0.3 is 0 Å². The smallest absolute Gasteiger partial charge is 0.256 e. The number of carbonyl (C=O) groups excluding carboxylic acids is 1. The maximum absolute atomic E-state index is 12.4. The standard InChI is InChI=1S/C18H16ClN3O3/c1-24-15-7-6-12(8-16(15)25-2)18(23)21-17-10-22(11-20-17)14-5-3-4-13(19)9-14/h3-11H,1-2H3,(H,21,23). The zero-order valence-corrected chi connectivity index (χ0v) is 14.4. The molecule has 1 amide bonds. The molecule has 0 atom stereocenters. The molecule has 3 aromatic rings. The summed E-state index contributed by atoms with van der Waals surface area (Å²) in [7, 11) is 3.06. The number of methoxy groups -OCH3 is 2. The molecular weight excluding hydrogens is 342 g/mol. The summed E-state index contributed by atoms with van der Waals surface area (Å²) in [5.41, 5.74) is 1.29. The Morgan fingerprint density at radius 3 is 2.64 bits per heavy atom. The number of benzene rings is 2. The highest BCUT2D eigenvalue weighted by atomic mass is 35.5. The van der Waals surface area contributed by atoms with Crippen molar-refractivity contribution in [3.8, 4) is 17.2 Å². The van der Waals surface area contributed by atoms with Crippen LogP contribution in [0.2, 0.25) is 5.02 Å². The lowest BCUT2D eigenvalue weighted by molar-refractivity contribution is 0.102. The monoisotopic (exact) mass is 357 g/mol. The summed E-state index contributed by atoms with van der Waals surface area (Å²) < 4.78 is 12.2. The molecule has 3 rings (SSSR count). The Labute approximate surface area is 150 Å². The lowest BCUT2D eigenvalue weighted by Gasteiger charge is -2.09. The number of halogens is 1. The predicted octanol–water partition coefficient (Wildman–Crippen LogP) is 3.80. The number of hydrogen-bond donors (Lipinski definition) is 1. The van der Waals surface area contributed by atoms with Crippen molar-refractivity contribution in [2.24, 2.45) is 0 Å². The molecular formula is C18H16ClN3O3. The molecule has 0 bridgehead atoms. The van der Waals surface area contributed by atoms with Crippen molar-refractivity contribution in [1.82, 2.24) is 9.55 Å². The van der Waals surface area contributed by atoms with Crippen LogP contribution in [0.1, 0.15) is 10.4 Å². The number of hydrogen-bond acceptors (Lipinski definition) is 4. The molecule has 0 aliphatic rings. The Hall–Kier alpha value is -2.99. The van der Waals surface area contributed by atoms with Crippen LogP contribution in [0.4, 0.5) is 5.82 Å². The second kappa shape index (κ2) is 7.27. The van der Waals surface area contributed by atoms with Crippen LogP contribution >= 0.6 is 11.6 Å². The Balaban J connectivity index is 1.78. The van der Waals surface area contributed by atoms with Gasteiger partial charge in [-0.05, 0) is 36.4 Å². The molecule has 1 aromatic heterocycles. The lowest BCUT2D eigenvalue weighted by Crippen LogP contribution is -2.12. The van der Waals surface area contributed by atoms with Crippen molar-refractivity contribution < 1.29 is 14.3 Å². The summed E-state index contributed by atoms with van der Waals surface area (Å²) in [4.78, 5) is 16.6. The van der Waals surface area contributed by atoms with E-state index >= 15 is 0 Å². The summed E-state index contributed by atoms with van der Waals surface area (Å²) in [5.74, 6) is 1.18. The summed E-state index contributed by atoms with van der Waals surface area (Å²) in [6.07, 6.45) is 3.32. The third-order valence-electron chi connectivity index (χ3n) is 3.58. The molecule has 0 saturated heterocycles. The highest BCUT2D eigenvalue weighted by molar-refractivity contribution is 6.30. The molecule has 0 fully saturated rings. The van der Waals surface area contributed by atoms with Crippen molar-refractivity contribution in [3.63, 3.8) is 0 Å². The number of ether oxygens (including phenoxy) is 2. The van der Waals surface area contributed by atoms with Crippen LogP contribution in [0.3, 0.4) is 0 Å². The quantitative estimate of drug-likeness (QED) is 0.754. The molecule has 1 heterocycles. The van der Waals surface area contributed by atoms with Gasteiger partial charge in [0.05, 0.1) is 20.4 Å². The Kier molecular flexibility index (Phi) is 4.90. The molecule has 0 unspecified atom stereocenters. The van der Waals surface area contributed by atoms with E-state index in [2.05, 4.69) is 10.3 Å². The van der Waals surface area contributed by atoms with E-state index in [0.29, 0.717) is 27.9 Å². The minimum Gasteiger partial charge on any atom is -0.493 e. The van der Waals surface area contributed by atoms with Crippen LogP contribution in [0, 0.1) is 0 Å². The number of rotatable bonds is 5. The number of imidazole rings is 1. The maximum atomic E-state index is 12.4. The second-order valence-electron chi connectivity index (χ2n) is 5.17. The first-order valence-corrected chi connectivity index (χ1v) is 7.82. The molecule has 7 heteroatoms. The summed E-state index contributed by atoms with van der Waals surface area (Å²) >= 11 is 5.99. The molecule has 128 valence electrons. The molecule has 0 saturated carbocycles. The van der Waals surface area contributed by atoms with E-state index < -0.39 is 0 Å². The van der Waals surface area contributed by atoms with Gasteiger partial charge in [0.1, 0.15) is 6.33 Å². The van der Waals surface area contributed by atoms with Crippen molar-refractivity contribution in [2.75, 3.05) is 19.5 Å². The molecule has 25 heavy (non-hydrogen) atoms. The van der Waals surface area contributed by atoms with E-state index in [-0.39, 0.29) is 5.91 Å². The fourth-order valence-electron chi connectivity index (χ4n) is 2.33. The SMILES string of the molecule is COc1ccc(C(=O)Nc2cn(-c3cccc(Cl)c3)cn2)cc1OC. The fraction of sp³-hybridized carbons (Fsp3) is 0.111.